The van der Waals surface area contributed by atoms with Gasteiger partial charge in [-0.05, 0) is 35.9 Å². The number of thiophene rings is 1. The highest BCUT2D eigenvalue weighted by atomic mass is 79.9. The van der Waals surface area contributed by atoms with Crippen LogP contribution in [0, 0.1) is 5.82 Å². The third-order valence-corrected chi connectivity index (χ3v) is 3.61. The molecule has 2 nitrogen and oxygen atoms in total. The van der Waals surface area contributed by atoms with Crippen molar-refractivity contribution < 1.29 is 9.13 Å². The lowest BCUT2D eigenvalue weighted by molar-refractivity contribution is 0.180. The highest BCUT2D eigenvalue weighted by Crippen LogP contribution is 2.28. The summed E-state index contributed by atoms with van der Waals surface area (Å²) in [6.07, 6.45) is -0.273. The van der Waals surface area contributed by atoms with E-state index in [1.165, 1.54) is 12.1 Å². The maximum absolute atomic E-state index is 13.3. The van der Waals surface area contributed by atoms with Crippen molar-refractivity contribution in [3.63, 3.8) is 0 Å². The Bertz CT molecular complexity index is 495. The number of nitrogens with two attached hydrogens (primary N) is 1. The number of benzene rings is 1. The van der Waals surface area contributed by atoms with Crippen LogP contribution in [0.4, 0.5) is 4.39 Å². The quantitative estimate of drug-likeness (QED) is 0.915. The Hall–Kier alpha value is -0.910. The molecule has 0 aliphatic rings. The topological polar surface area (TPSA) is 35.2 Å². The van der Waals surface area contributed by atoms with E-state index >= 15 is 0 Å². The minimum absolute atomic E-state index is 0.179. The van der Waals surface area contributed by atoms with Gasteiger partial charge in [-0.3, -0.25) is 0 Å². The molecule has 0 radical (unpaired) electrons. The van der Waals surface area contributed by atoms with Crippen LogP contribution < -0.4 is 10.5 Å². The fourth-order valence-corrected chi connectivity index (χ4v) is 2.79. The van der Waals surface area contributed by atoms with Crippen LogP contribution in [0.5, 0.6) is 5.75 Å². The van der Waals surface area contributed by atoms with Gasteiger partial charge in [0.25, 0.3) is 0 Å². The van der Waals surface area contributed by atoms with E-state index in [9.17, 15) is 4.39 Å². The molecule has 2 atom stereocenters. The van der Waals surface area contributed by atoms with E-state index in [4.69, 9.17) is 10.5 Å². The Morgan fingerprint density at radius 2 is 2.17 bits per heavy atom. The molecule has 0 fully saturated rings. The van der Waals surface area contributed by atoms with E-state index in [-0.39, 0.29) is 18.0 Å². The molecule has 0 amide bonds. The zero-order valence-corrected chi connectivity index (χ0v) is 12.2. The summed E-state index contributed by atoms with van der Waals surface area (Å²) in [5.41, 5.74) is 6.94. The van der Waals surface area contributed by atoms with Crippen LogP contribution in [0.1, 0.15) is 18.6 Å². The minimum Gasteiger partial charge on any atom is -0.484 e. The van der Waals surface area contributed by atoms with Crippen LogP contribution >= 0.6 is 27.3 Å². The first-order chi connectivity index (χ1) is 8.56. The Morgan fingerprint density at radius 1 is 1.39 bits per heavy atom. The van der Waals surface area contributed by atoms with Gasteiger partial charge in [-0.1, -0.05) is 15.9 Å². The Kier molecular flexibility index (Phi) is 4.37. The molecular weight excluding hydrogens is 317 g/mol. The van der Waals surface area contributed by atoms with Crippen molar-refractivity contribution >= 4 is 27.3 Å². The SMILES string of the molecule is CC(N)C(Oc1cc(F)cc(Br)c1)c1ccsc1. The van der Waals surface area contributed by atoms with Crippen molar-refractivity contribution in [3.05, 3.63) is 50.9 Å². The second kappa shape index (κ2) is 5.82. The molecule has 0 aliphatic heterocycles. The monoisotopic (exact) mass is 329 g/mol. The number of hydrogen-bond donors (Lipinski definition) is 1. The summed E-state index contributed by atoms with van der Waals surface area (Å²) in [5, 5.41) is 3.96. The average Bonchev–Trinajstić information content (AvgIpc) is 2.77. The number of halogens is 2. The lowest BCUT2D eigenvalue weighted by Crippen LogP contribution is -2.28. The fraction of sp³-hybridized carbons (Fsp3) is 0.231. The molecule has 2 aromatic rings. The third-order valence-electron chi connectivity index (χ3n) is 2.45. The standard InChI is InChI=1S/C13H13BrFNOS/c1-8(16)13(9-2-3-18-7-9)17-12-5-10(14)4-11(15)6-12/h2-8,13H,16H2,1H3. The zero-order valence-electron chi connectivity index (χ0n) is 9.77. The molecular formula is C13H13BrFNOS. The van der Waals surface area contributed by atoms with E-state index < -0.39 is 0 Å². The molecule has 5 heteroatoms. The average molecular weight is 330 g/mol. The molecule has 0 saturated carbocycles. The molecule has 1 aromatic carbocycles. The van der Waals surface area contributed by atoms with Crippen LogP contribution in [-0.4, -0.2) is 6.04 Å². The minimum atomic E-state index is -0.340. The molecule has 18 heavy (non-hydrogen) atoms. The molecule has 2 rings (SSSR count). The van der Waals surface area contributed by atoms with Crippen LogP contribution in [0.3, 0.4) is 0 Å². The predicted octanol–water partition coefficient (Wildman–Crippen LogP) is 4.12. The number of ether oxygens (including phenoxy) is 1. The third kappa shape index (κ3) is 3.31. The van der Waals surface area contributed by atoms with Gasteiger partial charge in [0.05, 0.1) is 0 Å². The molecule has 0 bridgehead atoms. The number of hydrogen-bond acceptors (Lipinski definition) is 3. The summed E-state index contributed by atoms with van der Waals surface area (Å²) in [6.45, 7) is 1.87. The highest BCUT2D eigenvalue weighted by Gasteiger charge is 2.19. The molecule has 96 valence electrons. The van der Waals surface area contributed by atoms with Crippen LogP contribution in [0.15, 0.2) is 39.5 Å². The van der Waals surface area contributed by atoms with Gasteiger partial charge in [-0.15, -0.1) is 0 Å². The molecule has 2 unspecified atom stereocenters. The summed E-state index contributed by atoms with van der Waals surface area (Å²) < 4.78 is 19.7. The van der Waals surface area contributed by atoms with Gasteiger partial charge in [0.1, 0.15) is 17.7 Å². The molecule has 0 aliphatic carbocycles. The van der Waals surface area contributed by atoms with Gasteiger partial charge in [0.15, 0.2) is 0 Å². The van der Waals surface area contributed by atoms with Gasteiger partial charge in [0, 0.05) is 22.1 Å². The van der Waals surface area contributed by atoms with Gasteiger partial charge in [-0.2, -0.15) is 11.3 Å². The summed E-state index contributed by atoms with van der Waals surface area (Å²) >= 11 is 4.82. The second-order valence-corrected chi connectivity index (χ2v) is 5.76. The van der Waals surface area contributed by atoms with Gasteiger partial charge in [-0.25, -0.2) is 4.39 Å². The summed E-state index contributed by atoms with van der Waals surface area (Å²) in [6, 6.07) is 6.25. The largest absolute Gasteiger partial charge is 0.484 e. The van der Waals surface area contributed by atoms with Crippen molar-refractivity contribution in [2.24, 2.45) is 5.73 Å². The molecule has 0 spiro atoms. The second-order valence-electron chi connectivity index (χ2n) is 4.06. The van der Waals surface area contributed by atoms with Crippen molar-refractivity contribution in [1.29, 1.82) is 0 Å². The van der Waals surface area contributed by atoms with Crippen LogP contribution in [0.2, 0.25) is 0 Å². The van der Waals surface area contributed by atoms with Gasteiger partial charge in [0.2, 0.25) is 0 Å². The number of rotatable bonds is 4. The van der Waals surface area contributed by atoms with E-state index in [2.05, 4.69) is 15.9 Å². The van der Waals surface area contributed by atoms with Crippen molar-refractivity contribution in [2.75, 3.05) is 0 Å². The summed E-state index contributed by atoms with van der Waals surface area (Å²) in [7, 11) is 0. The van der Waals surface area contributed by atoms with E-state index in [0.717, 1.165) is 5.56 Å². The van der Waals surface area contributed by atoms with Crippen molar-refractivity contribution in [1.82, 2.24) is 0 Å². The van der Waals surface area contributed by atoms with Gasteiger partial charge < -0.3 is 10.5 Å². The molecule has 0 saturated heterocycles. The first kappa shape index (κ1) is 13.5. The maximum Gasteiger partial charge on any atom is 0.139 e. The summed E-state index contributed by atoms with van der Waals surface area (Å²) in [5.74, 6) is 0.128. The molecule has 2 N–H and O–H groups in total. The lowest BCUT2D eigenvalue weighted by atomic mass is 10.1. The molecule has 1 heterocycles. The predicted molar refractivity (Wildman–Crippen MR) is 75.4 cm³/mol. The zero-order chi connectivity index (χ0) is 13.1. The smallest absolute Gasteiger partial charge is 0.139 e. The Labute approximate surface area is 118 Å². The normalized spacial score (nSPS) is 14.2. The van der Waals surface area contributed by atoms with Crippen LogP contribution in [0.25, 0.3) is 0 Å². The maximum atomic E-state index is 13.3. The summed E-state index contributed by atoms with van der Waals surface area (Å²) in [4.78, 5) is 0. The van der Waals surface area contributed by atoms with E-state index in [1.807, 2.05) is 23.8 Å². The van der Waals surface area contributed by atoms with Crippen LogP contribution in [-0.2, 0) is 0 Å². The Morgan fingerprint density at radius 3 is 2.72 bits per heavy atom. The van der Waals surface area contributed by atoms with E-state index in [0.29, 0.717) is 10.2 Å². The first-order valence-electron chi connectivity index (χ1n) is 5.46. The highest BCUT2D eigenvalue weighted by molar-refractivity contribution is 9.10. The molecule has 1 aromatic heterocycles. The van der Waals surface area contributed by atoms with Crippen molar-refractivity contribution in [3.8, 4) is 5.75 Å². The van der Waals surface area contributed by atoms with E-state index in [1.54, 1.807) is 17.4 Å². The van der Waals surface area contributed by atoms with Crippen molar-refractivity contribution in [2.45, 2.75) is 19.1 Å². The lowest BCUT2D eigenvalue weighted by Gasteiger charge is -2.22. The first-order valence-corrected chi connectivity index (χ1v) is 7.20. The van der Waals surface area contributed by atoms with Gasteiger partial charge >= 0.3 is 0 Å². The Balaban J connectivity index is 2.24. The fourth-order valence-electron chi connectivity index (χ4n) is 1.66.